The molecule has 1 rings (SSSR count). The average molecular weight is 236 g/mol. The summed E-state index contributed by atoms with van der Waals surface area (Å²) in [6.45, 7) is 0. The van der Waals surface area contributed by atoms with E-state index in [4.69, 9.17) is 5.73 Å². The van der Waals surface area contributed by atoms with Crippen LogP contribution in [0.3, 0.4) is 0 Å². The Bertz CT molecular complexity index is 340. The third-order valence-electron chi connectivity index (χ3n) is 1.26. The summed E-state index contributed by atoms with van der Waals surface area (Å²) < 4.78 is 25.4. The summed E-state index contributed by atoms with van der Waals surface area (Å²) in [6, 6.07) is 1.67. The second kappa shape index (κ2) is 3.18. The Kier molecular flexibility index (Phi) is 2.42. The first-order valence-corrected chi connectivity index (χ1v) is 3.76. The summed E-state index contributed by atoms with van der Waals surface area (Å²) in [6.07, 6.45) is 0. The van der Waals surface area contributed by atoms with Crippen LogP contribution in [0.15, 0.2) is 16.6 Å². The number of rotatable bonds is 1. The minimum Gasteiger partial charge on any atom is -0.366 e. The van der Waals surface area contributed by atoms with Gasteiger partial charge in [-0.2, -0.15) is 0 Å². The Morgan fingerprint density at radius 3 is 2.50 bits per heavy atom. The maximum Gasteiger partial charge on any atom is 0.251 e. The molecule has 0 radical (unpaired) electrons. The number of nitrogens with two attached hydrogens (primary N) is 1. The van der Waals surface area contributed by atoms with E-state index in [0.717, 1.165) is 12.1 Å². The van der Waals surface area contributed by atoms with Gasteiger partial charge in [-0.05, 0) is 28.1 Å². The van der Waals surface area contributed by atoms with Gasteiger partial charge in [0.1, 0.15) is 11.6 Å². The maximum atomic E-state index is 12.9. The Labute approximate surface area is 75.5 Å². The molecule has 1 aromatic carbocycles. The van der Waals surface area contributed by atoms with Crippen molar-refractivity contribution in [2.45, 2.75) is 0 Å². The molecule has 2 nitrogen and oxygen atoms in total. The summed E-state index contributed by atoms with van der Waals surface area (Å²) in [7, 11) is 0. The van der Waals surface area contributed by atoms with Gasteiger partial charge >= 0.3 is 0 Å². The summed E-state index contributed by atoms with van der Waals surface area (Å²) in [5, 5.41) is 0. The summed E-state index contributed by atoms with van der Waals surface area (Å²) in [4.78, 5) is 10.5. The minimum atomic E-state index is -0.993. The lowest BCUT2D eigenvalue weighted by atomic mass is 10.2. The van der Waals surface area contributed by atoms with Crippen LogP contribution >= 0.6 is 15.9 Å². The summed E-state index contributed by atoms with van der Waals surface area (Å²) in [5.41, 5.74) is 4.33. The fourth-order valence-corrected chi connectivity index (χ4v) is 1.17. The van der Waals surface area contributed by atoms with Gasteiger partial charge in [-0.1, -0.05) is 0 Å². The van der Waals surface area contributed by atoms with Crippen molar-refractivity contribution < 1.29 is 13.6 Å². The van der Waals surface area contributed by atoms with Gasteiger partial charge in [-0.15, -0.1) is 0 Å². The highest BCUT2D eigenvalue weighted by molar-refractivity contribution is 9.10. The minimum absolute atomic E-state index is 0.115. The van der Waals surface area contributed by atoms with Gasteiger partial charge < -0.3 is 5.73 Å². The van der Waals surface area contributed by atoms with E-state index in [0.29, 0.717) is 0 Å². The Balaban J connectivity index is 3.37. The third kappa shape index (κ3) is 1.61. The highest BCUT2D eigenvalue weighted by Crippen LogP contribution is 2.20. The first kappa shape index (κ1) is 9.12. The number of carbonyl (C=O) groups excluding carboxylic acids is 1. The van der Waals surface area contributed by atoms with Crippen LogP contribution in [0.1, 0.15) is 10.4 Å². The van der Waals surface area contributed by atoms with Crippen LogP contribution in [0.25, 0.3) is 0 Å². The number of hydrogen-bond donors (Lipinski definition) is 1. The fraction of sp³-hybridized carbons (Fsp3) is 0. The second-order valence-electron chi connectivity index (χ2n) is 2.11. The van der Waals surface area contributed by atoms with E-state index in [-0.39, 0.29) is 4.47 Å². The molecule has 0 bridgehead atoms. The summed E-state index contributed by atoms with van der Waals surface area (Å²) >= 11 is 2.74. The molecular formula is C7H4BrF2NO. The van der Waals surface area contributed by atoms with E-state index in [1.54, 1.807) is 0 Å². The van der Waals surface area contributed by atoms with Gasteiger partial charge in [0.15, 0.2) is 0 Å². The van der Waals surface area contributed by atoms with Gasteiger partial charge in [0.05, 0.1) is 10.0 Å². The Morgan fingerprint density at radius 2 is 2.00 bits per heavy atom. The van der Waals surface area contributed by atoms with Gasteiger partial charge in [0.2, 0.25) is 0 Å². The zero-order valence-electron chi connectivity index (χ0n) is 5.77. The first-order chi connectivity index (χ1) is 5.52. The van der Waals surface area contributed by atoms with Crippen molar-refractivity contribution in [3.63, 3.8) is 0 Å². The highest BCUT2D eigenvalue weighted by Gasteiger charge is 2.12. The van der Waals surface area contributed by atoms with Gasteiger partial charge in [0, 0.05) is 0 Å². The number of halogens is 3. The van der Waals surface area contributed by atoms with E-state index >= 15 is 0 Å². The Hall–Kier alpha value is -0.970. The van der Waals surface area contributed by atoms with E-state index in [2.05, 4.69) is 15.9 Å². The predicted octanol–water partition coefficient (Wildman–Crippen LogP) is 1.83. The smallest absolute Gasteiger partial charge is 0.251 e. The van der Waals surface area contributed by atoms with Crippen LogP contribution in [0, 0.1) is 11.6 Å². The van der Waals surface area contributed by atoms with Crippen LogP contribution in [-0.2, 0) is 0 Å². The molecule has 0 spiro atoms. The van der Waals surface area contributed by atoms with Crippen molar-refractivity contribution in [2.24, 2.45) is 5.73 Å². The molecule has 0 aliphatic heterocycles. The lowest BCUT2D eigenvalue weighted by molar-refractivity contribution is 0.0996. The molecule has 0 heterocycles. The number of hydrogen-bond acceptors (Lipinski definition) is 1. The van der Waals surface area contributed by atoms with Crippen molar-refractivity contribution in [1.29, 1.82) is 0 Å². The SMILES string of the molecule is NC(=O)c1cc(F)cc(Br)c1F. The number of amides is 1. The van der Waals surface area contributed by atoms with Gasteiger partial charge in [-0.3, -0.25) is 4.79 Å². The predicted molar refractivity (Wildman–Crippen MR) is 42.6 cm³/mol. The molecule has 64 valence electrons. The van der Waals surface area contributed by atoms with Gasteiger partial charge in [0.25, 0.3) is 5.91 Å². The summed E-state index contributed by atoms with van der Waals surface area (Å²) in [5.74, 6) is -2.55. The first-order valence-electron chi connectivity index (χ1n) is 2.96. The normalized spacial score (nSPS) is 9.92. The molecule has 0 unspecified atom stereocenters. The largest absolute Gasteiger partial charge is 0.366 e. The standard InChI is InChI=1S/C7H4BrF2NO/c8-5-2-3(9)1-4(6(5)10)7(11)12/h1-2H,(H2,11,12). The molecule has 0 saturated carbocycles. The molecule has 1 aromatic rings. The lowest BCUT2D eigenvalue weighted by Gasteiger charge is -2.00. The highest BCUT2D eigenvalue weighted by atomic mass is 79.9. The van der Waals surface area contributed by atoms with Crippen LogP contribution in [0.4, 0.5) is 8.78 Å². The van der Waals surface area contributed by atoms with Crippen molar-refractivity contribution in [2.75, 3.05) is 0 Å². The Morgan fingerprint density at radius 1 is 1.42 bits per heavy atom. The molecule has 0 saturated heterocycles. The molecule has 0 atom stereocenters. The molecule has 0 aliphatic rings. The molecular weight excluding hydrogens is 232 g/mol. The maximum absolute atomic E-state index is 12.9. The average Bonchev–Trinajstić information content (AvgIpc) is 1.96. The topological polar surface area (TPSA) is 43.1 Å². The van der Waals surface area contributed by atoms with Crippen molar-refractivity contribution in [1.82, 2.24) is 0 Å². The number of primary amides is 1. The number of carbonyl (C=O) groups is 1. The van der Waals surface area contributed by atoms with E-state index in [9.17, 15) is 13.6 Å². The van der Waals surface area contributed by atoms with Crippen LogP contribution < -0.4 is 5.73 Å². The molecule has 5 heteroatoms. The third-order valence-corrected chi connectivity index (χ3v) is 1.84. The van der Waals surface area contributed by atoms with Crippen LogP contribution in [0.2, 0.25) is 0 Å². The zero-order valence-corrected chi connectivity index (χ0v) is 7.36. The van der Waals surface area contributed by atoms with Crippen LogP contribution in [-0.4, -0.2) is 5.91 Å². The van der Waals surface area contributed by atoms with Crippen LogP contribution in [0.5, 0.6) is 0 Å². The molecule has 0 fully saturated rings. The number of benzene rings is 1. The van der Waals surface area contributed by atoms with E-state index in [1.165, 1.54) is 0 Å². The molecule has 0 aliphatic carbocycles. The van der Waals surface area contributed by atoms with Gasteiger partial charge in [-0.25, -0.2) is 8.78 Å². The van der Waals surface area contributed by atoms with Crippen molar-refractivity contribution in [3.05, 3.63) is 33.8 Å². The van der Waals surface area contributed by atoms with E-state index < -0.39 is 23.1 Å². The monoisotopic (exact) mass is 235 g/mol. The second-order valence-corrected chi connectivity index (χ2v) is 2.97. The molecule has 12 heavy (non-hydrogen) atoms. The fourth-order valence-electron chi connectivity index (χ4n) is 0.735. The van der Waals surface area contributed by atoms with E-state index in [1.807, 2.05) is 0 Å². The molecule has 0 aromatic heterocycles. The zero-order chi connectivity index (χ0) is 9.30. The van der Waals surface area contributed by atoms with Crippen molar-refractivity contribution >= 4 is 21.8 Å². The lowest BCUT2D eigenvalue weighted by Crippen LogP contribution is -2.13. The quantitative estimate of drug-likeness (QED) is 0.742. The van der Waals surface area contributed by atoms with Crippen molar-refractivity contribution in [3.8, 4) is 0 Å². The molecule has 1 amide bonds. The molecule has 2 N–H and O–H groups in total.